The lowest BCUT2D eigenvalue weighted by molar-refractivity contribution is 0.0991. The Hall–Kier alpha value is -3.20. The highest BCUT2D eigenvalue weighted by Crippen LogP contribution is 2.25. The zero-order chi connectivity index (χ0) is 18.3. The van der Waals surface area contributed by atoms with Crippen LogP contribution in [0.5, 0.6) is 0 Å². The number of aryl methyl sites for hydroxylation is 2. The standard InChI is InChI=1S/C23H18O3/c1-14-7-8-15(2)19(11-14)21(24)13-17-12-20-18-6-4-3-5-16(18)9-10-22(20)26-23(17)25/h3-12H,13H2,1-2H3. The van der Waals surface area contributed by atoms with Crippen LogP contribution in [0.4, 0.5) is 0 Å². The molecule has 0 amide bonds. The van der Waals surface area contributed by atoms with Gasteiger partial charge in [-0.25, -0.2) is 4.79 Å². The van der Waals surface area contributed by atoms with Gasteiger partial charge >= 0.3 is 5.63 Å². The summed E-state index contributed by atoms with van der Waals surface area (Å²) in [6.07, 6.45) is 0.0335. The molecular formula is C23H18O3. The molecule has 0 saturated carbocycles. The highest BCUT2D eigenvalue weighted by molar-refractivity contribution is 6.06. The molecule has 0 aliphatic rings. The second-order valence-electron chi connectivity index (χ2n) is 6.68. The molecule has 0 aliphatic carbocycles. The third-order valence-electron chi connectivity index (χ3n) is 4.76. The van der Waals surface area contributed by atoms with Crippen molar-refractivity contribution in [2.45, 2.75) is 20.3 Å². The van der Waals surface area contributed by atoms with Crippen molar-refractivity contribution in [3.05, 3.63) is 93.3 Å². The van der Waals surface area contributed by atoms with Crippen LogP contribution in [0.25, 0.3) is 21.7 Å². The number of carbonyl (C=O) groups excluding carboxylic acids is 1. The van der Waals surface area contributed by atoms with Crippen molar-refractivity contribution in [2.75, 3.05) is 0 Å². The Morgan fingerprint density at radius 2 is 1.73 bits per heavy atom. The minimum atomic E-state index is -0.452. The molecule has 0 bridgehead atoms. The average Bonchev–Trinajstić information content (AvgIpc) is 2.64. The Morgan fingerprint density at radius 1 is 0.923 bits per heavy atom. The maximum absolute atomic E-state index is 12.8. The lowest BCUT2D eigenvalue weighted by atomic mass is 9.97. The van der Waals surface area contributed by atoms with Crippen LogP contribution in [0, 0.1) is 13.8 Å². The summed E-state index contributed by atoms with van der Waals surface area (Å²) < 4.78 is 5.48. The van der Waals surface area contributed by atoms with Crippen LogP contribution in [0.3, 0.4) is 0 Å². The zero-order valence-electron chi connectivity index (χ0n) is 14.7. The molecule has 3 nitrogen and oxygen atoms in total. The Labute approximate surface area is 150 Å². The first-order valence-corrected chi connectivity index (χ1v) is 8.58. The molecule has 0 radical (unpaired) electrons. The molecular weight excluding hydrogens is 324 g/mol. The highest BCUT2D eigenvalue weighted by atomic mass is 16.4. The zero-order valence-corrected chi connectivity index (χ0v) is 14.7. The smallest absolute Gasteiger partial charge is 0.339 e. The van der Waals surface area contributed by atoms with Crippen LogP contribution in [-0.4, -0.2) is 5.78 Å². The molecule has 3 aromatic carbocycles. The monoisotopic (exact) mass is 342 g/mol. The summed E-state index contributed by atoms with van der Waals surface area (Å²) >= 11 is 0. The molecule has 4 aromatic rings. The van der Waals surface area contributed by atoms with E-state index in [-0.39, 0.29) is 12.2 Å². The Balaban J connectivity index is 1.82. The molecule has 128 valence electrons. The first kappa shape index (κ1) is 16.3. The van der Waals surface area contributed by atoms with E-state index in [2.05, 4.69) is 0 Å². The molecule has 0 saturated heterocycles. The van der Waals surface area contributed by atoms with E-state index in [1.165, 1.54) is 0 Å². The molecule has 0 spiro atoms. The maximum atomic E-state index is 12.8. The van der Waals surface area contributed by atoms with Gasteiger partial charge in [-0.3, -0.25) is 4.79 Å². The topological polar surface area (TPSA) is 47.3 Å². The van der Waals surface area contributed by atoms with Crippen LogP contribution in [0.2, 0.25) is 0 Å². The molecule has 4 rings (SSSR count). The number of Topliss-reactive ketones (excluding diaryl/α,β-unsaturated/α-hetero) is 1. The van der Waals surface area contributed by atoms with Gasteiger partial charge in [0.25, 0.3) is 0 Å². The summed E-state index contributed by atoms with van der Waals surface area (Å²) in [5.74, 6) is -0.0712. The molecule has 0 aliphatic heterocycles. The molecule has 0 unspecified atom stereocenters. The fraction of sp³-hybridized carbons (Fsp3) is 0.130. The van der Waals surface area contributed by atoms with Crippen molar-refractivity contribution < 1.29 is 9.21 Å². The largest absolute Gasteiger partial charge is 0.422 e. The fourth-order valence-electron chi connectivity index (χ4n) is 3.34. The van der Waals surface area contributed by atoms with Gasteiger partial charge in [-0.1, -0.05) is 48.0 Å². The molecule has 0 N–H and O–H groups in total. The van der Waals surface area contributed by atoms with E-state index in [1.807, 2.05) is 62.4 Å². The van der Waals surface area contributed by atoms with Crippen LogP contribution in [-0.2, 0) is 6.42 Å². The summed E-state index contributed by atoms with van der Waals surface area (Å²) in [6.45, 7) is 3.86. The number of benzene rings is 3. The third-order valence-corrected chi connectivity index (χ3v) is 4.76. The number of fused-ring (bicyclic) bond motifs is 3. The first-order chi connectivity index (χ1) is 12.5. The van der Waals surface area contributed by atoms with Crippen molar-refractivity contribution in [2.24, 2.45) is 0 Å². The highest BCUT2D eigenvalue weighted by Gasteiger charge is 2.15. The van der Waals surface area contributed by atoms with E-state index < -0.39 is 5.63 Å². The number of hydrogen-bond donors (Lipinski definition) is 0. The Kier molecular flexibility index (Phi) is 3.92. The Bertz CT molecular complexity index is 1220. The summed E-state index contributed by atoms with van der Waals surface area (Å²) in [7, 11) is 0. The lowest BCUT2D eigenvalue weighted by Gasteiger charge is -2.07. The number of ketones is 1. The molecule has 0 atom stereocenters. The van der Waals surface area contributed by atoms with E-state index in [4.69, 9.17) is 4.42 Å². The van der Waals surface area contributed by atoms with Gasteiger partial charge in [0.15, 0.2) is 5.78 Å². The van der Waals surface area contributed by atoms with Gasteiger partial charge < -0.3 is 4.42 Å². The number of rotatable bonds is 3. The summed E-state index contributed by atoms with van der Waals surface area (Å²) in [5, 5.41) is 2.93. The van der Waals surface area contributed by atoms with Crippen molar-refractivity contribution in [3.8, 4) is 0 Å². The van der Waals surface area contributed by atoms with Gasteiger partial charge in [0.2, 0.25) is 0 Å². The second kappa shape index (κ2) is 6.26. The van der Waals surface area contributed by atoms with E-state index >= 15 is 0 Å². The Morgan fingerprint density at radius 3 is 2.58 bits per heavy atom. The normalized spacial score (nSPS) is 11.2. The molecule has 3 heteroatoms. The fourth-order valence-corrected chi connectivity index (χ4v) is 3.34. The van der Waals surface area contributed by atoms with Crippen molar-refractivity contribution in [3.63, 3.8) is 0 Å². The summed E-state index contributed by atoms with van der Waals surface area (Å²) in [6, 6.07) is 19.2. The molecule has 1 heterocycles. The van der Waals surface area contributed by atoms with Crippen LogP contribution in [0.15, 0.2) is 69.9 Å². The van der Waals surface area contributed by atoms with Crippen molar-refractivity contribution in [1.82, 2.24) is 0 Å². The van der Waals surface area contributed by atoms with Crippen LogP contribution >= 0.6 is 0 Å². The van der Waals surface area contributed by atoms with Gasteiger partial charge in [0.05, 0.1) is 0 Å². The number of hydrogen-bond acceptors (Lipinski definition) is 3. The van der Waals surface area contributed by atoms with E-state index in [1.54, 1.807) is 12.1 Å². The quantitative estimate of drug-likeness (QED) is 0.299. The summed E-state index contributed by atoms with van der Waals surface area (Å²) in [4.78, 5) is 25.1. The molecule has 26 heavy (non-hydrogen) atoms. The van der Waals surface area contributed by atoms with Crippen molar-refractivity contribution in [1.29, 1.82) is 0 Å². The van der Waals surface area contributed by atoms with Gasteiger partial charge in [0.1, 0.15) is 5.58 Å². The third kappa shape index (κ3) is 2.82. The predicted octanol–water partition coefficient (Wildman–Crippen LogP) is 4.99. The SMILES string of the molecule is Cc1ccc(C)c(C(=O)Cc2cc3c(ccc4ccccc43)oc2=O)c1. The predicted molar refractivity (Wildman–Crippen MR) is 104 cm³/mol. The second-order valence-corrected chi connectivity index (χ2v) is 6.68. The minimum Gasteiger partial charge on any atom is -0.422 e. The maximum Gasteiger partial charge on any atom is 0.339 e. The van der Waals surface area contributed by atoms with Gasteiger partial charge in [0, 0.05) is 22.9 Å². The van der Waals surface area contributed by atoms with Gasteiger partial charge in [-0.15, -0.1) is 0 Å². The van der Waals surface area contributed by atoms with Gasteiger partial charge in [-0.05, 0) is 48.4 Å². The van der Waals surface area contributed by atoms with Crippen LogP contribution in [0.1, 0.15) is 27.0 Å². The minimum absolute atomic E-state index is 0.0335. The van der Waals surface area contributed by atoms with E-state index in [9.17, 15) is 9.59 Å². The summed E-state index contributed by atoms with van der Waals surface area (Å²) in [5.41, 5.74) is 3.07. The van der Waals surface area contributed by atoms with E-state index in [0.717, 1.165) is 27.3 Å². The lowest BCUT2D eigenvalue weighted by Crippen LogP contribution is -2.14. The first-order valence-electron chi connectivity index (χ1n) is 8.58. The van der Waals surface area contributed by atoms with Crippen molar-refractivity contribution >= 4 is 27.5 Å². The molecule has 0 fully saturated rings. The van der Waals surface area contributed by atoms with Gasteiger partial charge in [-0.2, -0.15) is 0 Å². The number of carbonyl (C=O) groups is 1. The molecule has 1 aromatic heterocycles. The van der Waals surface area contributed by atoms with Crippen LogP contribution < -0.4 is 5.63 Å². The average molecular weight is 342 g/mol. The van der Waals surface area contributed by atoms with E-state index in [0.29, 0.717) is 16.7 Å².